The van der Waals surface area contributed by atoms with Crippen molar-refractivity contribution < 1.29 is 9.53 Å². The van der Waals surface area contributed by atoms with Crippen LogP contribution in [0.15, 0.2) is 41.5 Å². The molecular formula is C19H19Cl3N2O2. The molecule has 2 aromatic rings. The van der Waals surface area contributed by atoms with Crippen molar-refractivity contribution in [1.82, 2.24) is 5.43 Å². The lowest BCUT2D eigenvalue weighted by atomic mass is 10.1. The Morgan fingerprint density at radius 2 is 1.73 bits per heavy atom. The molecule has 0 atom stereocenters. The van der Waals surface area contributed by atoms with E-state index in [0.717, 1.165) is 18.4 Å². The van der Waals surface area contributed by atoms with Crippen LogP contribution in [0, 0.1) is 0 Å². The van der Waals surface area contributed by atoms with E-state index in [1.54, 1.807) is 0 Å². The fourth-order valence-corrected chi connectivity index (χ4v) is 2.79. The van der Waals surface area contributed by atoms with Gasteiger partial charge < -0.3 is 4.74 Å². The van der Waals surface area contributed by atoms with Crippen molar-refractivity contribution in [3.05, 3.63) is 62.6 Å². The summed E-state index contributed by atoms with van der Waals surface area (Å²) in [6.07, 6.45) is 2.15. The maximum absolute atomic E-state index is 11.9. The number of benzene rings is 2. The lowest BCUT2D eigenvalue weighted by molar-refractivity contribution is -0.123. The van der Waals surface area contributed by atoms with Crippen molar-refractivity contribution in [2.75, 3.05) is 6.61 Å². The van der Waals surface area contributed by atoms with E-state index in [-0.39, 0.29) is 17.4 Å². The van der Waals surface area contributed by atoms with Crippen molar-refractivity contribution in [3.8, 4) is 5.75 Å². The average molecular weight is 414 g/mol. The van der Waals surface area contributed by atoms with Gasteiger partial charge in [-0.05, 0) is 30.5 Å². The van der Waals surface area contributed by atoms with Gasteiger partial charge in [0.05, 0.1) is 20.8 Å². The SMILES string of the molecule is CCCc1ccc(/C(C)=N/NC(=O)COc2cc(Cl)c(Cl)cc2Cl)cc1. The quantitative estimate of drug-likeness (QED) is 0.369. The van der Waals surface area contributed by atoms with E-state index in [4.69, 9.17) is 39.5 Å². The van der Waals surface area contributed by atoms with Crippen LogP contribution in [0.5, 0.6) is 5.75 Å². The first-order valence-corrected chi connectivity index (χ1v) is 9.24. The number of nitrogens with zero attached hydrogens (tertiary/aromatic N) is 1. The number of hydrazone groups is 1. The second-order valence-electron chi connectivity index (χ2n) is 5.66. The molecule has 26 heavy (non-hydrogen) atoms. The Balaban J connectivity index is 1.91. The standard InChI is InChI=1S/C19H19Cl3N2O2/c1-3-4-13-5-7-14(8-6-13)12(2)23-24-19(25)11-26-18-10-16(21)15(20)9-17(18)22/h5-10H,3-4,11H2,1-2H3,(H,24,25)/b23-12+. The van der Waals surface area contributed by atoms with Gasteiger partial charge in [-0.25, -0.2) is 5.43 Å². The molecule has 2 rings (SSSR count). The highest BCUT2D eigenvalue weighted by molar-refractivity contribution is 6.43. The lowest BCUT2D eigenvalue weighted by Crippen LogP contribution is -2.25. The highest BCUT2D eigenvalue weighted by Crippen LogP contribution is 2.33. The minimum absolute atomic E-state index is 0.246. The van der Waals surface area contributed by atoms with Gasteiger partial charge >= 0.3 is 0 Å². The van der Waals surface area contributed by atoms with Gasteiger partial charge in [0, 0.05) is 6.07 Å². The number of aryl methyl sites for hydroxylation is 1. The third kappa shape index (κ3) is 5.90. The molecule has 0 bridgehead atoms. The summed E-state index contributed by atoms with van der Waals surface area (Å²) in [6.45, 7) is 3.72. The van der Waals surface area contributed by atoms with Crippen LogP contribution >= 0.6 is 34.8 Å². The number of amides is 1. The summed E-state index contributed by atoms with van der Waals surface area (Å²) in [5, 5.41) is 4.99. The third-order valence-electron chi connectivity index (χ3n) is 3.59. The van der Waals surface area contributed by atoms with Crippen molar-refractivity contribution in [2.24, 2.45) is 5.10 Å². The van der Waals surface area contributed by atoms with Crippen LogP contribution in [0.3, 0.4) is 0 Å². The Bertz CT molecular complexity index is 805. The number of nitrogens with one attached hydrogen (secondary N) is 1. The fourth-order valence-electron chi connectivity index (χ4n) is 2.20. The van der Waals surface area contributed by atoms with Crippen LogP contribution in [0.4, 0.5) is 0 Å². The Kier molecular flexibility index (Phi) is 7.76. The summed E-state index contributed by atoms with van der Waals surface area (Å²) in [4.78, 5) is 11.9. The molecule has 138 valence electrons. The molecule has 1 N–H and O–H groups in total. The van der Waals surface area contributed by atoms with Crippen LogP contribution in [0.25, 0.3) is 0 Å². The van der Waals surface area contributed by atoms with E-state index in [9.17, 15) is 4.79 Å². The Morgan fingerprint density at radius 3 is 2.38 bits per heavy atom. The van der Waals surface area contributed by atoms with Gasteiger partial charge in [0.1, 0.15) is 5.75 Å². The first kappa shape index (κ1) is 20.6. The molecule has 0 aliphatic carbocycles. The summed E-state index contributed by atoms with van der Waals surface area (Å²) in [5.41, 5.74) is 5.38. The molecule has 1 amide bonds. The summed E-state index contributed by atoms with van der Waals surface area (Å²) >= 11 is 17.8. The zero-order valence-corrected chi connectivity index (χ0v) is 16.8. The van der Waals surface area contributed by atoms with E-state index in [1.807, 2.05) is 19.1 Å². The number of carbonyl (C=O) groups excluding carboxylic acids is 1. The van der Waals surface area contributed by atoms with Gasteiger partial charge in [-0.2, -0.15) is 5.10 Å². The largest absolute Gasteiger partial charge is 0.482 e. The smallest absolute Gasteiger partial charge is 0.277 e. The zero-order valence-electron chi connectivity index (χ0n) is 14.5. The van der Waals surface area contributed by atoms with Crippen LogP contribution in [0.2, 0.25) is 15.1 Å². The molecule has 2 aromatic carbocycles. The summed E-state index contributed by atoms with van der Waals surface area (Å²) < 4.78 is 5.36. The number of hydrogen-bond donors (Lipinski definition) is 1. The van der Waals surface area contributed by atoms with E-state index < -0.39 is 5.91 Å². The highest BCUT2D eigenvalue weighted by Gasteiger charge is 2.09. The number of halogens is 3. The minimum atomic E-state index is -0.408. The monoisotopic (exact) mass is 412 g/mol. The van der Waals surface area contributed by atoms with E-state index in [2.05, 4.69) is 29.6 Å². The first-order chi connectivity index (χ1) is 12.4. The van der Waals surface area contributed by atoms with Crippen LogP contribution in [0.1, 0.15) is 31.4 Å². The maximum atomic E-state index is 11.9. The maximum Gasteiger partial charge on any atom is 0.277 e. The highest BCUT2D eigenvalue weighted by atomic mass is 35.5. The molecule has 0 aliphatic heterocycles. The topological polar surface area (TPSA) is 50.7 Å². The second-order valence-corrected chi connectivity index (χ2v) is 6.89. The fraction of sp³-hybridized carbons (Fsp3) is 0.263. The molecule has 0 unspecified atom stereocenters. The van der Waals surface area contributed by atoms with Gasteiger partial charge in [0.2, 0.25) is 0 Å². The summed E-state index contributed by atoms with van der Waals surface area (Å²) in [5.74, 6) is -0.127. The zero-order chi connectivity index (χ0) is 19.1. The van der Waals surface area contributed by atoms with Crippen molar-refractivity contribution in [1.29, 1.82) is 0 Å². The van der Waals surface area contributed by atoms with Gasteiger partial charge in [-0.15, -0.1) is 0 Å². The van der Waals surface area contributed by atoms with E-state index in [1.165, 1.54) is 17.7 Å². The first-order valence-electron chi connectivity index (χ1n) is 8.10. The molecule has 0 radical (unpaired) electrons. The normalized spacial score (nSPS) is 11.3. The van der Waals surface area contributed by atoms with E-state index >= 15 is 0 Å². The minimum Gasteiger partial charge on any atom is -0.482 e. The van der Waals surface area contributed by atoms with Gasteiger partial charge in [0.25, 0.3) is 5.91 Å². The Morgan fingerprint density at radius 1 is 1.08 bits per heavy atom. The predicted octanol–water partition coefficient (Wildman–Crippen LogP) is 5.52. The third-order valence-corrected chi connectivity index (χ3v) is 4.61. The predicted molar refractivity (Wildman–Crippen MR) is 108 cm³/mol. The number of rotatable bonds is 7. The number of carbonyl (C=O) groups is 1. The van der Waals surface area contributed by atoms with Gasteiger partial charge in [-0.1, -0.05) is 72.4 Å². The summed E-state index contributed by atoms with van der Waals surface area (Å²) in [6, 6.07) is 11.0. The average Bonchev–Trinajstić information content (AvgIpc) is 2.62. The van der Waals surface area contributed by atoms with Crippen molar-refractivity contribution in [3.63, 3.8) is 0 Å². The molecule has 4 nitrogen and oxygen atoms in total. The second kappa shape index (κ2) is 9.81. The van der Waals surface area contributed by atoms with Crippen LogP contribution in [-0.4, -0.2) is 18.2 Å². The molecule has 0 saturated carbocycles. The molecule has 0 aliphatic rings. The Labute approximate surface area is 168 Å². The van der Waals surface area contributed by atoms with Crippen molar-refractivity contribution >= 4 is 46.4 Å². The molecule has 0 heterocycles. The molecule has 0 fully saturated rings. The van der Waals surface area contributed by atoms with E-state index in [0.29, 0.717) is 15.8 Å². The molecule has 0 saturated heterocycles. The van der Waals surface area contributed by atoms with Gasteiger partial charge in [-0.3, -0.25) is 4.79 Å². The lowest BCUT2D eigenvalue weighted by Gasteiger charge is -2.09. The Hall–Kier alpha value is -1.75. The molecule has 7 heteroatoms. The molecule has 0 spiro atoms. The molecule has 0 aromatic heterocycles. The molecular weight excluding hydrogens is 395 g/mol. The van der Waals surface area contributed by atoms with Crippen LogP contribution < -0.4 is 10.2 Å². The summed E-state index contributed by atoms with van der Waals surface area (Å²) in [7, 11) is 0. The van der Waals surface area contributed by atoms with Crippen molar-refractivity contribution in [2.45, 2.75) is 26.7 Å². The number of ether oxygens (including phenoxy) is 1. The van der Waals surface area contributed by atoms with Gasteiger partial charge in [0.15, 0.2) is 6.61 Å². The van der Waals surface area contributed by atoms with Crippen LogP contribution in [-0.2, 0) is 11.2 Å². The number of hydrogen-bond acceptors (Lipinski definition) is 3.